The Balaban J connectivity index is 3.12. The number of pyridine rings is 1. The molecular weight excluding hydrogens is 258 g/mol. The molecule has 5 heteroatoms. The van der Waals surface area contributed by atoms with Crippen molar-refractivity contribution in [1.82, 2.24) is 4.98 Å². The number of ether oxygens (including phenoxy) is 1. The number of hydrogen-bond donors (Lipinski definition) is 1. The predicted molar refractivity (Wildman–Crippen MR) is 83.7 cm³/mol. The van der Waals surface area contributed by atoms with Crippen LogP contribution >= 0.6 is 12.2 Å². The third kappa shape index (κ3) is 4.14. The van der Waals surface area contributed by atoms with E-state index in [1.807, 2.05) is 12.1 Å². The van der Waals surface area contributed by atoms with Gasteiger partial charge < -0.3 is 15.4 Å². The van der Waals surface area contributed by atoms with Crippen molar-refractivity contribution in [3.63, 3.8) is 0 Å². The molecule has 0 atom stereocenters. The summed E-state index contributed by atoms with van der Waals surface area (Å²) in [5.74, 6) is 0.862. The lowest BCUT2D eigenvalue weighted by atomic mass is 10.1. The summed E-state index contributed by atoms with van der Waals surface area (Å²) in [6.07, 6.45) is 3.88. The molecule has 0 aliphatic rings. The highest BCUT2D eigenvalue weighted by Crippen LogP contribution is 2.22. The summed E-state index contributed by atoms with van der Waals surface area (Å²) >= 11 is 5.12. The summed E-state index contributed by atoms with van der Waals surface area (Å²) < 4.78 is 5.20. The normalized spacial score (nSPS) is 10.7. The van der Waals surface area contributed by atoms with Crippen molar-refractivity contribution in [2.75, 3.05) is 25.2 Å². The fourth-order valence-corrected chi connectivity index (χ4v) is 2.36. The fraction of sp³-hybridized carbons (Fsp3) is 0.571. The van der Waals surface area contributed by atoms with E-state index in [-0.39, 0.29) is 0 Å². The van der Waals surface area contributed by atoms with E-state index in [4.69, 9.17) is 22.7 Å². The minimum Gasteiger partial charge on any atom is -0.389 e. The molecule has 0 unspecified atom stereocenters. The highest BCUT2D eigenvalue weighted by molar-refractivity contribution is 7.80. The van der Waals surface area contributed by atoms with Gasteiger partial charge in [-0.25, -0.2) is 4.98 Å². The number of thiocarbonyl (C=S) groups is 1. The minimum absolute atomic E-state index is 0.386. The lowest BCUT2D eigenvalue weighted by Crippen LogP contribution is -2.39. The topological polar surface area (TPSA) is 51.4 Å². The first kappa shape index (κ1) is 15.9. The maximum Gasteiger partial charge on any atom is 0.139 e. The molecule has 106 valence electrons. The van der Waals surface area contributed by atoms with E-state index in [0.29, 0.717) is 17.6 Å². The molecule has 0 saturated heterocycles. The largest absolute Gasteiger partial charge is 0.389 e. The Morgan fingerprint density at radius 2 is 2.16 bits per heavy atom. The third-order valence-corrected chi connectivity index (χ3v) is 3.46. The van der Waals surface area contributed by atoms with Gasteiger partial charge in [0.2, 0.25) is 0 Å². The summed E-state index contributed by atoms with van der Waals surface area (Å²) in [5, 5.41) is 0. The predicted octanol–water partition coefficient (Wildman–Crippen LogP) is 2.36. The maximum atomic E-state index is 5.80. The van der Waals surface area contributed by atoms with Gasteiger partial charge in [-0.2, -0.15) is 0 Å². The molecule has 19 heavy (non-hydrogen) atoms. The number of nitrogens with zero attached hydrogens (tertiary/aromatic N) is 2. The minimum atomic E-state index is 0.386. The van der Waals surface area contributed by atoms with E-state index >= 15 is 0 Å². The molecular formula is C14H23N3OS. The molecule has 0 saturated carbocycles. The van der Waals surface area contributed by atoms with Crippen LogP contribution in [0.5, 0.6) is 0 Å². The highest BCUT2D eigenvalue weighted by Gasteiger charge is 2.20. The van der Waals surface area contributed by atoms with Gasteiger partial charge >= 0.3 is 0 Å². The Morgan fingerprint density at radius 1 is 1.47 bits per heavy atom. The van der Waals surface area contributed by atoms with E-state index in [0.717, 1.165) is 30.8 Å². The molecule has 2 N–H and O–H groups in total. The van der Waals surface area contributed by atoms with Crippen molar-refractivity contribution in [3.8, 4) is 0 Å². The average Bonchev–Trinajstić information content (AvgIpc) is 2.43. The number of aromatic nitrogens is 1. The second kappa shape index (κ2) is 8.07. The Bertz CT molecular complexity index is 407. The Kier molecular flexibility index (Phi) is 6.73. The van der Waals surface area contributed by atoms with Gasteiger partial charge in [-0.05, 0) is 25.0 Å². The van der Waals surface area contributed by atoms with Crippen LogP contribution in [-0.4, -0.2) is 36.3 Å². The lowest BCUT2D eigenvalue weighted by Gasteiger charge is -2.32. The molecule has 0 radical (unpaired) electrons. The molecule has 0 spiro atoms. The zero-order valence-corrected chi connectivity index (χ0v) is 12.7. The number of anilines is 1. The molecule has 0 bridgehead atoms. The molecule has 4 nitrogen and oxygen atoms in total. The molecule has 0 aromatic carbocycles. The molecule has 1 aromatic rings. The van der Waals surface area contributed by atoms with E-state index in [2.05, 4.69) is 23.7 Å². The van der Waals surface area contributed by atoms with Crippen molar-refractivity contribution in [1.29, 1.82) is 0 Å². The summed E-state index contributed by atoms with van der Waals surface area (Å²) in [6, 6.07) is 4.20. The van der Waals surface area contributed by atoms with Crippen molar-refractivity contribution in [2.24, 2.45) is 5.73 Å². The van der Waals surface area contributed by atoms with E-state index in [9.17, 15) is 0 Å². The monoisotopic (exact) mass is 281 g/mol. The van der Waals surface area contributed by atoms with Gasteiger partial charge in [0.1, 0.15) is 10.8 Å². The summed E-state index contributed by atoms with van der Waals surface area (Å²) in [6.45, 7) is 5.80. The number of methoxy groups -OCH3 is 1. The van der Waals surface area contributed by atoms with Crippen molar-refractivity contribution in [3.05, 3.63) is 23.9 Å². The van der Waals surface area contributed by atoms with E-state index in [1.165, 1.54) is 0 Å². The van der Waals surface area contributed by atoms with Gasteiger partial charge in [0, 0.05) is 25.9 Å². The van der Waals surface area contributed by atoms with E-state index < -0.39 is 0 Å². The van der Waals surface area contributed by atoms with Crippen LogP contribution in [-0.2, 0) is 4.74 Å². The Morgan fingerprint density at radius 3 is 2.68 bits per heavy atom. The van der Waals surface area contributed by atoms with Crippen LogP contribution in [0.25, 0.3) is 0 Å². The Labute approximate surface area is 121 Å². The van der Waals surface area contributed by atoms with Crippen LogP contribution in [0, 0.1) is 0 Å². The zero-order valence-electron chi connectivity index (χ0n) is 11.9. The Hall–Kier alpha value is -1.20. The summed E-state index contributed by atoms with van der Waals surface area (Å²) in [4.78, 5) is 7.11. The third-order valence-electron chi connectivity index (χ3n) is 3.24. The van der Waals surface area contributed by atoms with Gasteiger partial charge in [-0.1, -0.05) is 26.1 Å². The van der Waals surface area contributed by atoms with Crippen LogP contribution in [0.1, 0.15) is 32.3 Å². The number of hydrogen-bond acceptors (Lipinski definition) is 4. The molecule has 0 amide bonds. The van der Waals surface area contributed by atoms with Crippen molar-refractivity contribution < 1.29 is 4.74 Å². The number of rotatable bonds is 8. The van der Waals surface area contributed by atoms with E-state index in [1.54, 1.807) is 13.3 Å². The van der Waals surface area contributed by atoms with Gasteiger partial charge in [0.05, 0.1) is 12.2 Å². The van der Waals surface area contributed by atoms with Crippen LogP contribution < -0.4 is 10.6 Å². The molecule has 1 heterocycles. The average molecular weight is 281 g/mol. The SMILES string of the molecule is CCC(CC)N(CCOC)c1ncccc1C(N)=S. The summed E-state index contributed by atoms with van der Waals surface area (Å²) in [7, 11) is 1.71. The van der Waals surface area contributed by atoms with Crippen LogP contribution in [0.2, 0.25) is 0 Å². The molecule has 0 fully saturated rings. The zero-order chi connectivity index (χ0) is 14.3. The molecule has 0 aliphatic heterocycles. The van der Waals surface area contributed by atoms with Gasteiger partial charge in [-0.3, -0.25) is 0 Å². The molecule has 1 rings (SSSR count). The van der Waals surface area contributed by atoms with Crippen molar-refractivity contribution in [2.45, 2.75) is 32.7 Å². The first-order valence-corrected chi connectivity index (χ1v) is 7.06. The summed E-state index contributed by atoms with van der Waals surface area (Å²) in [5.41, 5.74) is 6.63. The lowest BCUT2D eigenvalue weighted by molar-refractivity contribution is 0.202. The van der Waals surface area contributed by atoms with Gasteiger partial charge in [-0.15, -0.1) is 0 Å². The number of nitrogens with two attached hydrogens (primary N) is 1. The van der Waals surface area contributed by atoms with Gasteiger partial charge in [0.25, 0.3) is 0 Å². The van der Waals surface area contributed by atoms with Crippen molar-refractivity contribution >= 4 is 23.0 Å². The van der Waals surface area contributed by atoms with Crippen LogP contribution in [0.3, 0.4) is 0 Å². The maximum absolute atomic E-state index is 5.80. The molecule has 0 aliphatic carbocycles. The molecule has 1 aromatic heterocycles. The fourth-order valence-electron chi connectivity index (χ4n) is 2.20. The first-order chi connectivity index (χ1) is 9.15. The quantitative estimate of drug-likeness (QED) is 0.741. The van der Waals surface area contributed by atoms with Crippen LogP contribution in [0.15, 0.2) is 18.3 Å². The van der Waals surface area contributed by atoms with Gasteiger partial charge in [0.15, 0.2) is 0 Å². The first-order valence-electron chi connectivity index (χ1n) is 6.66. The smallest absolute Gasteiger partial charge is 0.139 e. The van der Waals surface area contributed by atoms with Crippen LogP contribution in [0.4, 0.5) is 5.82 Å². The standard InChI is InChI=1S/C14H23N3OS/c1-4-11(5-2)17(9-10-18-3)14-12(13(15)19)7-6-8-16-14/h6-8,11H,4-5,9-10H2,1-3H3,(H2,15,19). The second-order valence-corrected chi connectivity index (χ2v) is 4.84. The second-order valence-electron chi connectivity index (χ2n) is 4.40. The highest BCUT2D eigenvalue weighted by atomic mass is 32.1.